The molecule has 1 amide bonds. The van der Waals surface area contributed by atoms with E-state index in [1.165, 1.54) is 12.0 Å². The van der Waals surface area contributed by atoms with Crippen molar-refractivity contribution >= 4 is 5.91 Å². The average molecular weight is 260 g/mol. The molecule has 1 saturated carbocycles. The fourth-order valence-electron chi connectivity index (χ4n) is 2.82. The molecular formula is C15H20N2O2. The number of ether oxygens (including phenoxy) is 1. The first-order chi connectivity index (χ1) is 9.30. The van der Waals surface area contributed by atoms with E-state index in [0.29, 0.717) is 13.2 Å². The van der Waals surface area contributed by atoms with Crippen LogP contribution in [0.5, 0.6) is 0 Å². The number of carbonyl (C=O) groups excluding carboxylic acids is 1. The van der Waals surface area contributed by atoms with Gasteiger partial charge in [0.15, 0.2) is 0 Å². The van der Waals surface area contributed by atoms with Crippen LogP contribution in [0, 0.1) is 0 Å². The number of rotatable bonds is 3. The molecule has 102 valence electrons. The molecule has 4 nitrogen and oxygen atoms in total. The molecule has 1 saturated heterocycles. The van der Waals surface area contributed by atoms with Gasteiger partial charge in [0, 0.05) is 13.1 Å². The summed E-state index contributed by atoms with van der Waals surface area (Å²) in [5, 5.41) is 6.40. The largest absolute Gasteiger partial charge is 0.366 e. The predicted octanol–water partition coefficient (Wildman–Crippen LogP) is 1.17. The monoisotopic (exact) mass is 260 g/mol. The van der Waals surface area contributed by atoms with Crippen LogP contribution in [0.2, 0.25) is 0 Å². The highest BCUT2D eigenvalue weighted by atomic mass is 16.5. The van der Waals surface area contributed by atoms with Crippen molar-refractivity contribution in [2.45, 2.75) is 30.9 Å². The molecule has 2 aliphatic rings. The Labute approximate surface area is 113 Å². The van der Waals surface area contributed by atoms with Crippen molar-refractivity contribution in [1.29, 1.82) is 0 Å². The Morgan fingerprint density at radius 1 is 1.32 bits per heavy atom. The maximum absolute atomic E-state index is 12.3. The highest BCUT2D eigenvalue weighted by Gasteiger charge is 2.41. The minimum Gasteiger partial charge on any atom is -0.366 e. The van der Waals surface area contributed by atoms with Crippen molar-refractivity contribution in [3.05, 3.63) is 35.9 Å². The second kappa shape index (κ2) is 5.31. The third kappa shape index (κ3) is 2.51. The summed E-state index contributed by atoms with van der Waals surface area (Å²) in [6, 6.07) is 10.3. The molecule has 0 radical (unpaired) electrons. The highest BCUT2D eigenvalue weighted by molar-refractivity contribution is 5.82. The van der Waals surface area contributed by atoms with Gasteiger partial charge in [0.1, 0.15) is 6.10 Å². The minimum absolute atomic E-state index is 0.00996. The molecule has 0 bridgehead atoms. The molecule has 1 heterocycles. The van der Waals surface area contributed by atoms with Crippen LogP contribution in [0.1, 0.15) is 24.8 Å². The van der Waals surface area contributed by atoms with Gasteiger partial charge in [0.05, 0.1) is 12.1 Å². The third-order valence-electron chi connectivity index (χ3n) is 4.12. The van der Waals surface area contributed by atoms with Gasteiger partial charge in [-0.3, -0.25) is 4.79 Å². The summed E-state index contributed by atoms with van der Waals surface area (Å²) in [4.78, 5) is 12.3. The molecule has 1 aromatic carbocycles. The van der Waals surface area contributed by atoms with Gasteiger partial charge in [0.2, 0.25) is 0 Å². The zero-order chi connectivity index (χ0) is 13.1. The van der Waals surface area contributed by atoms with Crippen LogP contribution in [0.4, 0.5) is 0 Å². The van der Waals surface area contributed by atoms with E-state index >= 15 is 0 Å². The van der Waals surface area contributed by atoms with Gasteiger partial charge in [-0.25, -0.2) is 0 Å². The van der Waals surface area contributed by atoms with E-state index in [2.05, 4.69) is 22.8 Å². The number of benzene rings is 1. The van der Waals surface area contributed by atoms with Gasteiger partial charge in [-0.05, 0) is 24.8 Å². The lowest BCUT2D eigenvalue weighted by Crippen LogP contribution is -2.56. The van der Waals surface area contributed by atoms with Crippen LogP contribution in [-0.2, 0) is 15.1 Å². The molecule has 1 unspecified atom stereocenters. The zero-order valence-corrected chi connectivity index (χ0v) is 11.0. The molecule has 1 aromatic rings. The van der Waals surface area contributed by atoms with Crippen LogP contribution in [0.25, 0.3) is 0 Å². The normalized spacial score (nSPS) is 25.4. The summed E-state index contributed by atoms with van der Waals surface area (Å²) in [7, 11) is 0. The smallest absolute Gasteiger partial charge is 0.251 e. The maximum Gasteiger partial charge on any atom is 0.251 e. The summed E-state index contributed by atoms with van der Waals surface area (Å²) in [5.74, 6) is 0.00996. The number of amides is 1. The summed E-state index contributed by atoms with van der Waals surface area (Å²) in [5.41, 5.74) is 1.04. The molecule has 2 fully saturated rings. The molecule has 1 atom stereocenters. The molecule has 2 N–H and O–H groups in total. The first-order valence-electron chi connectivity index (χ1n) is 7.00. The van der Waals surface area contributed by atoms with Crippen LogP contribution >= 0.6 is 0 Å². The molecule has 3 rings (SSSR count). The van der Waals surface area contributed by atoms with E-state index in [9.17, 15) is 4.79 Å². The summed E-state index contributed by atoms with van der Waals surface area (Å²) < 4.78 is 5.52. The highest BCUT2D eigenvalue weighted by Crippen LogP contribution is 2.41. The van der Waals surface area contributed by atoms with E-state index < -0.39 is 0 Å². The maximum atomic E-state index is 12.3. The Morgan fingerprint density at radius 2 is 2.11 bits per heavy atom. The Hall–Kier alpha value is -1.39. The lowest BCUT2D eigenvalue weighted by molar-refractivity contribution is -0.137. The summed E-state index contributed by atoms with van der Waals surface area (Å²) in [6.45, 7) is 2.04. The van der Waals surface area contributed by atoms with Crippen molar-refractivity contribution in [3.63, 3.8) is 0 Å². The van der Waals surface area contributed by atoms with Crippen LogP contribution in [0.3, 0.4) is 0 Å². The second-order valence-corrected chi connectivity index (χ2v) is 5.35. The zero-order valence-electron chi connectivity index (χ0n) is 11.0. The molecular weight excluding hydrogens is 240 g/mol. The summed E-state index contributed by atoms with van der Waals surface area (Å²) >= 11 is 0. The fourth-order valence-corrected chi connectivity index (χ4v) is 2.82. The van der Waals surface area contributed by atoms with E-state index in [4.69, 9.17) is 4.74 Å². The predicted molar refractivity (Wildman–Crippen MR) is 72.7 cm³/mol. The van der Waals surface area contributed by atoms with Crippen LogP contribution in [-0.4, -0.2) is 31.7 Å². The van der Waals surface area contributed by atoms with Gasteiger partial charge in [-0.1, -0.05) is 30.3 Å². The van der Waals surface area contributed by atoms with E-state index in [-0.39, 0.29) is 17.6 Å². The Balaban J connectivity index is 1.71. The topological polar surface area (TPSA) is 50.4 Å². The van der Waals surface area contributed by atoms with Crippen molar-refractivity contribution in [2.75, 3.05) is 19.7 Å². The summed E-state index contributed by atoms with van der Waals surface area (Å²) in [6.07, 6.45) is 2.85. The van der Waals surface area contributed by atoms with Crippen LogP contribution < -0.4 is 10.6 Å². The van der Waals surface area contributed by atoms with Gasteiger partial charge in [-0.2, -0.15) is 0 Å². The van der Waals surface area contributed by atoms with Gasteiger partial charge in [-0.15, -0.1) is 0 Å². The number of nitrogens with one attached hydrogen (secondary N) is 2. The molecule has 4 heteroatoms. The number of hydrogen-bond acceptors (Lipinski definition) is 3. The van der Waals surface area contributed by atoms with Gasteiger partial charge in [0.25, 0.3) is 5.91 Å². The van der Waals surface area contributed by atoms with E-state index in [1.54, 1.807) is 0 Å². The van der Waals surface area contributed by atoms with Gasteiger partial charge < -0.3 is 15.4 Å². The van der Waals surface area contributed by atoms with E-state index in [1.807, 2.05) is 18.2 Å². The van der Waals surface area contributed by atoms with Crippen LogP contribution in [0.15, 0.2) is 30.3 Å². The van der Waals surface area contributed by atoms with Gasteiger partial charge >= 0.3 is 0 Å². The van der Waals surface area contributed by atoms with Crippen molar-refractivity contribution < 1.29 is 9.53 Å². The molecule has 19 heavy (non-hydrogen) atoms. The molecule has 0 spiro atoms. The standard InChI is InChI=1S/C15H20N2O2/c18-14(13-11-16-9-10-19-13)17-15(7-4-8-15)12-5-2-1-3-6-12/h1-3,5-6,13,16H,4,7-11H2,(H,17,18). The molecule has 1 aliphatic carbocycles. The first-order valence-corrected chi connectivity index (χ1v) is 7.00. The average Bonchev–Trinajstić information content (AvgIpc) is 2.44. The lowest BCUT2D eigenvalue weighted by Gasteiger charge is -2.44. The Bertz CT molecular complexity index is 437. The first kappa shape index (κ1) is 12.6. The van der Waals surface area contributed by atoms with Crippen molar-refractivity contribution in [3.8, 4) is 0 Å². The quantitative estimate of drug-likeness (QED) is 0.858. The van der Waals surface area contributed by atoms with Crippen molar-refractivity contribution in [2.24, 2.45) is 0 Å². The Morgan fingerprint density at radius 3 is 2.68 bits per heavy atom. The molecule has 1 aliphatic heterocycles. The minimum atomic E-state index is -0.352. The number of morpholine rings is 1. The third-order valence-corrected chi connectivity index (χ3v) is 4.12. The molecule has 0 aromatic heterocycles. The lowest BCUT2D eigenvalue weighted by atomic mass is 9.71. The second-order valence-electron chi connectivity index (χ2n) is 5.35. The number of hydrogen-bond donors (Lipinski definition) is 2. The fraction of sp³-hybridized carbons (Fsp3) is 0.533. The SMILES string of the molecule is O=C(NC1(c2ccccc2)CCC1)C1CNCCO1. The van der Waals surface area contributed by atoms with E-state index in [0.717, 1.165) is 19.4 Å². The number of carbonyl (C=O) groups is 1. The van der Waals surface area contributed by atoms with Crippen molar-refractivity contribution in [1.82, 2.24) is 10.6 Å². The Kier molecular flexibility index (Phi) is 3.53.